The summed E-state index contributed by atoms with van der Waals surface area (Å²) in [5.74, 6) is -0.372. The number of amides is 3. The van der Waals surface area contributed by atoms with Crippen LogP contribution in [0.15, 0.2) is 138 Å². The molecule has 0 fully saturated rings. The van der Waals surface area contributed by atoms with Crippen molar-refractivity contribution in [2.75, 3.05) is 10.6 Å². The van der Waals surface area contributed by atoms with Crippen LogP contribution in [0.3, 0.4) is 0 Å². The van der Waals surface area contributed by atoms with E-state index in [0.29, 0.717) is 40.7 Å². The molecule has 5 aromatic carbocycles. The fourth-order valence-electron chi connectivity index (χ4n) is 5.11. The number of ether oxygens (including phenoxy) is 1. The smallest absolute Gasteiger partial charge is 0.272 e. The summed E-state index contributed by atoms with van der Waals surface area (Å²) in [6.45, 7) is 4.41. The Hall–Kier alpha value is -5.71. The van der Waals surface area contributed by atoms with Crippen molar-refractivity contribution in [1.82, 2.24) is 10.3 Å². The molecule has 3 N–H and O–H groups in total. The molecule has 0 bridgehead atoms. The van der Waals surface area contributed by atoms with Crippen molar-refractivity contribution in [1.29, 1.82) is 0 Å². The SMILES string of the molecule is CCC(Sc1cccc(NC(=O)/C(=C/c2ccc(OCc3ccccc3)cc2)NC(=O)c2ccccc2)c1)C(=O)Nc1nc2ccc(C)cc2s1. The van der Waals surface area contributed by atoms with Crippen molar-refractivity contribution < 1.29 is 19.1 Å². The first-order chi connectivity index (χ1) is 24.8. The van der Waals surface area contributed by atoms with Crippen molar-refractivity contribution in [2.24, 2.45) is 0 Å². The van der Waals surface area contributed by atoms with Gasteiger partial charge in [-0.05, 0) is 90.7 Å². The first-order valence-electron chi connectivity index (χ1n) is 16.4. The second-order valence-electron chi connectivity index (χ2n) is 11.7. The third-order valence-electron chi connectivity index (χ3n) is 7.78. The molecule has 10 heteroatoms. The normalized spacial score (nSPS) is 11.8. The van der Waals surface area contributed by atoms with Gasteiger partial charge in [0.25, 0.3) is 11.8 Å². The predicted octanol–water partition coefficient (Wildman–Crippen LogP) is 9.10. The Bertz CT molecular complexity index is 2170. The lowest BCUT2D eigenvalue weighted by molar-refractivity contribution is -0.116. The first kappa shape index (κ1) is 35.1. The molecule has 0 aliphatic heterocycles. The number of rotatable bonds is 13. The molecular weight excluding hydrogens is 677 g/mol. The number of hydrogen-bond acceptors (Lipinski definition) is 7. The van der Waals surface area contributed by atoms with E-state index in [-0.39, 0.29) is 16.9 Å². The summed E-state index contributed by atoms with van der Waals surface area (Å²) in [5.41, 5.74) is 4.75. The van der Waals surface area contributed by atoms with Gasteiger partial charge < -0.3 is 20.7 Å². The van der Waals surface area contributed by atoms with Crippen LogP contribution < -0.4 is 20.7 Å². The third-order valence-corrected chi connectivity index (χ3v) is 10.1. The van der Waals surface area contributed by atoms with E-state index in [0.717, 1.165) is 26.2 Å². The van der Waals surface area contributed by atoms with Crippen molar-refractivity contribution in [3.63, 3.8) is 0 Å². The van der Waals surface area contributed by atoms with Gasteiger partial charge in [-0.1, -0.05) is 91.1 Å². The largest absolute Gasteiger partial charge is 0.489 e. The molecule has 0 radical (unpaired) electrons. The Morgan fingerprint density at radius 1 is 0.843 bits per heavy atom. The van der Waals surface area contributed by atoms with Gasteiger partial charge in [-0.3, -0.25) is 14.4 Å². The average molecular weight is 713 g/mol. The van der Waals surface area contributed by atoms with Crippen LogP contribution in [0.2, 0.25) is 0 Å². The summed E-state index contributed by atoms with van der Waals surface area (Å²) < 4.78 is 6.93. The van der Waals surface area contributed by atoms with Gasteiger partial charge in [-0.25, -0.2) is 4.98 Å². The number of anilines is 2. The summed E-state index contributed by atoms with van der Waals surface area (Å²) in [5, 5.41) is 8.86. The molecule has 0 aliphatic rings. The van der Waals surface area contributed by atoms with E-state index >= 15 is 0 Å². The summed E-state index contributed by atoms with van der Waals surface area (Å²) in [6, 6.07) is 39.2. The second-order valence-corrected chi connectivity index (χ2v) is 14.0. The number of benzene rings is 5. The highest BCUT2D eigenvalue weighted by Crippen LogP contribution is 2.31. The quantitative estimate of drug-likeness (QED) is 0.0815. The summed E-state index contributed by atoms with van der Waals surface area (Å²) in [7, 11) is 0. The first-order valence-corrected chi connectivity index (χ1v) is 18.1. The zero-order chi connectivity index (χ0) is 35.6. The molecule has 3 amide bonds. The number of nitrogens with one attached hydrogen (secondary N) is 3. The van der Waals surface area contributed by atoms with Gasteiger partial charge in [-0.2, -0.15) is 0 Å². The highest BCUT2D eigenvalue weighted by atomic mass is 32.2. The minimum Gasteiger partial charge on any atom is -0.489 e. The molecule has 1 unspecified atom stereocenters. The van der Waals surface area contributed by atoms with Crippen LogP contribution in [-0.2, 0) is 16.2 Å². The number of fused-ring (bicyclic) bond motifs is 1. The lowest BCUT2D eigenvalue weighted by Gasteiger charge is -2.15. The standard InChI is InChI=1S/C41H36N4O4S2/c1-3-36(40(48)45-41-44-34-22-17-27(2)23-37(34)51-41)50-33-16-10-15-31(25-33)42-39(47)35(43-38(46)30-13-8-5-9-14-30)24-28-18-20-32(21-19-28)49-26-29-11-6-4-7-12-29/h4-25,36H,3,26H2,1-2H3,(H,42,47)(H,43,46)(H,44,45,48)/b35-24-. The number of thiazole rings is 1. The van der Waals surface area contributed by atoms with Gasteiger partial charge in [0.2, 0.25) is 5.91 Å². The van der Waals surface area contributed by atoms with Gasteiger partial charge in [0.05, 0.1) is 15.5 Å². The number of carbonyl (C=O) groups is 3. The van der Waals surface area contributed by atoms with Crippen LogP contribution in [-0.4, -0.2) is 28.0 Å². The zero-order valence-electron chi connectivity index (χ0n) is 28.1. The molecule has 8 nitrogen and oxygen atoms in total. The van der Waals surface area contributed by atoms with E-state index < -0.39 is 11.8 Å². The van der Waals surface area contributed by atoms with Crippen LogP contribution in [0.25, 0.3) is 16.3 Å². The molecule has 0 saturated carbocycles. The topological polar surface area (TPSA) is 109 Å². The van der Waals surface area contributed by atoms with Crippen LogP contribution >= 0.6 is 23.1 Å². The van der Waals surface area contributed by atoms with Gasteiger partial charge in [0, 0.05) is 16.1 Å². The molecule has 0 aliphatic carbocycles. The van der Waals surface area contributed by atoms with Crippen LogP contribution in [0, 0.1) is 6.92 Å². The van der Waals surface area contributed by atoms with Gasteiger partial charge in [0.1, 0.15) is 18.1 Å². The van der Waals surface area contributed by atoms with Gasteiger partial charge in [0.15, 0.2) is 5.13 Å². The minimum absolute atomic E-state index is 0.0664. The van der Waals surface area contributed by atoms with Crippen molar-refractivity contribution in [2.45, 2.75) is 37.0 Å². The molecule has 0 spiro atoms. The summed E-state index contributed by atoms with van der Waals surface area (Å²) in [6.07, 6.45) is 2.21. The molecule has 6 aromatic rings. The Labute approximate surface area is 305 Å². The monoisotopic (exact) mass is 712 g/mol. The molecule has 1 heterocycles. The number of nitrogens with zero attached hydrogens (tertiary/aromatic N) is 1. The van der Waals surface area contributed by atoms with Crippen molar-refractivity contribution in [3.05, 3.63) is 155 Å². The maximum Gasteiger partial charge on any atom is 0.272 e. The Balaban J connectivity index is 1.15. The Morgan fingerprint density at radius 2 is 1.59 bits per heavy atom. The van der Waals surface area contributed by atoms with Crippen LogP contribution in [0.5, 0.6) is 5.75 Å². The van der Waals surface area contributed by atoms with E-state index in [9.17, 15) is 14.4 Å². The number of thioether (sulfide) groups is 1. The van der Waals surface area contributed by atoms with Gasteiger partial charge >= 0.3 is 0 Å². The fraction of sp³-hybridized carbons (Fsp3) is 0.122. The molecule has 256 valence electrons. The third kappa shape index (κ3) is 9.72. The summed E-state index contributed by atoms with van der Waals surface area (Å²) in [4.78, 5) is 45.5. The number of hydrogen-bond donors (Lipinski definition) is 3. The predicted molar refractivity (Wildman–Crippen MR) is 207 cm³/mol. The maximum absolute atomic E-state index is 13.7. The lowest BCUT2D eigenvalue weighted by Crippen LogP contribution is -2.30. The molecular formula is C41H36N4O4S2. The van der Waals surface area contributed by atoms with E-state index in [4.69, 9.17) is 4.74 Å². The molecule has 51 heavy (non-hydrogen) atoms. The molecule has 1 aromatic heterocycles. The van der Waals surface area contributed by atoms with E-state index in [1.54, 1.807) is 36.4 Å². The Kier molecular flexibility index (Phi) is 11.6. The van der Waals surface area contributed by atoms with E-state index in [2.05, 4.69) is 27.0 Å². The lowest BCUT2D eigenvalue weighted by atomic mass is 10.1. The second kappa shape index (κ2) is 16.8. The van der Waals surface area contributed by atoms with Crippen molar-refractivity contribution in [3.8, 4) is 5.75 Å². The highest BCUT2D eigenvalue weighted by Gasteiger charge is 2.21. The van der Waals surface area contributed by atoms with E-state index in [1.165, 1.54) is 23.1 Å². The molecule has 1 atom stereocenters. The van der Waals surface area contributed by atoms with Crippen LogP contribution in [0.4, 0.5) is 10.8 Å². The van der Waals surface area contributed by atoms with Crippen molar-refractivity contribution >= 4 is 67.9 Å². The minimum atomic E-state index is -0.498. The number of aromatic nitrogens is 1. The van der Waals surface area contributed by atoms with E-state index in [1.807, 2.05) is 105 Å². The average Bonchev–Trinajstić information content (AvgIpc) is 3.55. The highest BCUT2D eigenvalue weighted by molar-refractivity contribution is 8.00. The van der Waals surface area contributed by atoms with Crippen LogP contribution in [0.1, 0.15) is 40.4 Å². The number of aryl methyl sites for hydroxylation is 1. The zero-order valence-corrected chi connectivity index (χ0v) is 29.7. The number of carbonyl (C=O) groups excluding carboxylic acids is 3. The van der Waals surface area contributed by atoms with Gasteiger partial charge in [-0.15, -0.1) is 11.8 Å². The maximum atomic E-state index is 13.7. The molecule has 0 saturated heterocycles. The molecule has 6 rings (SSSR count). The fourth-order valence-corrected chi connectivity index (χ4v) is 7.09. The Morgan fingerprint density at radius 3 is 2.33 bits per heavy atom. The summed E-state index contributed by atoms with van der Waals surface area (Å²) >= 11 is 2.86.